The highest BCUT2D eigenvalue weighted by Gasteiger charge is 2.49. The lowest BCUT2D eigenvalue weighted by Gasteiger charge is -2.39. The smallest absolute Gasteiger partial charge is 0.0713 e. The molecule has 0 bridgehead atoms. The standard InChI is InChI=1S/C75H56N2/c1-76(59-29-15-6-16-30-59)60-39-41-61(42-40-60)77-72-45-37-51(53-35-43-64-62-31-17-19-33-68(62)74(70(64)49-53,55-21-7-2-8-22-55)56-23-9-3-10-24-56)47-66(72)67-48-52(38-46-73(67)77)54-36-44-65-63-32-18-20-34-69(63)75(71(65)50-54,57-25-11-4-12-26-57)58-27-13-5-14-28-58/h2-13,15-19,21-27,29-33,35-50H,14,20,28,34H2,1H3. The van der Waals surface area contributed by atoms with Gasteiger partial charge in [-0.15, -0.1) is 0 Å². The Labute approximate surface area is 451 Å². The van der Waals surface area contributed by atoms with Gasteiger partial charge in [0.15, 0.2) is 0 Å². The summed E-state index contributed by atoms with van der Waals surface area (Å²) in [7, 11) is 2.14. The fraction of sp³-hybridized carbons (Fsp3) is 0.0933. The van der Waals surface area contributed by atoms with Gasteiger partial charge in [0.1, 0.15) is 0 Å². The van der Waals surface area contributed by atoms with Crippen LogP contribution in [-0.4, -0.2) is 11.6 Å². The number of hydrogen-bond acceptors (Lipinski definition) is 1. The number of allylic oxidation sites excluding steroid dienone is 8. The molecule has 11 aromatic rings. The molecule has 1 atom stereocenters. The summed E-state index contributed by atoms with van der Waals surface area (Å²) >= 11 is 0. The fourth-order valence-electron chi connectivity index (χ4n) is 14.1. The van der Waals surface area contributed by atoms with Crippen LogP contribution in [0.15, 0.2) is 284 Å². The first-order valence-electron chi connectivity index (χ1n) is 27.4. The maximum absolute atomic E-state index is 2.55. The minimum Gasteiger partial charge on any atom is -0.345 e. The second-order valence-corrected chi connectivity index (χ2v) is 21.4. The number of benzene rings is 10. The molecule has 1 unspecified atom stereocenters. The van der Waals surface area contributed by atoms with Gasteiger partial charge < -0.3 is 9.47 Å². The Kier molecular flexibility index (Phi) is 10.5. The summed E-state index contributed by atoms with van der Waals surface area (Å²) in [5.41, 5.74) is 26.2. The molecule has 15 rings (SSSR count). The number of anilines is 2. The van der Waals surface area contributed by atoms with Gasteiger partial charge in [0.05, 0.1) is 21.9 Å². The van der Waals surface area contributed by atoms with Gasteiger partial charge in [-0.3, -0.25) is 0 Å². The van der Waals surface area contributed by atoms with E-state index in [4.69, 9.17) is 0 Å². The van der Waals surface area contributed by atoms with Crippen LogP contribution < -0.4 is 4.90 Å². The first-order chi connectivity index (χ1) is 38.1. The largest absolute Gasteiger partial charge is 0.345 e. The molecule has 0 saturated carbocycles. The van der Waals surface area contributed by atoms with E-state index >= 15 is 0 Å². The third-order valence-corrected chi connectivity index (χ3v) is 17.6. The second-order valence-electron chi connectivity index (χ2n) is 21.4. The maximum Gasteiger partial charge on any atom is 0.0713 e. The van der Waals surface area contributed by atoms with E-state index < -0.39 is 5.41 Å². The van der Waals surface area contributed by atoms with E-state index in [0.717, 1.165) is 42.7 Å². The summed E-state index contributed by atoms with van der Waals surface area (Å²) in [5, 5.41) is 2.46. The van der Waals surface area contributed by atoms with Crippen molar-refractivity contribution in [3.05, 3.63) is 323 Å². The van der Waals surface area contributed by atoms with E-state index in [1.165, 1.54) is 105 Å². The van der Waals surface area contributed by atoms with Gasteiger partial charge in [-0.2, -0.15) is 0 Å². The van der Waals surface area contributed by atoms with Crippen LogP contribution in [0.4, 0.5) is 11.4 Å². The number of rotatable bonds is 9. The summed E-state index contributed by atoms with van der Waals surface area (Å²) in [4.78, 5) is 2.25. The van der Waals surface area contributed by atoms with Gasteiger partial charge >= 0.3 is 0 Å². The van der Waals surface area contributed by atoms with E-state index in [9.17, 15) is 0 Å². The summed E-state index contributed by atoms with van der Waals surface area (Å²) in [5.74, 6) is 0. The van der Waals surface area contributed by atoms with Crippen molar-refractivity contribution in [1.82, 2.24) is 4.57 Å². The first-order valence-corrected chi connectivity index (χ1v) is 27.4. The molecule has 10 aromatic carbocycles. The van der Waals surface area contributed by atoms with E-state index in [1.54, 1.807) is 5.57 Å². The zero-order valence-corrected chi connectivity index (χ0v) is 43.2. The average molecular weight is 985 g/mol. The molecule has 77 heavy (non-hydrogen) atoms. The van der Waals surface area contributed by atoms with Crippen LogP contribution in [0.3, 0.4) is 0 Å². The lowest BCUT2D eigenvalue weighted by atomic mass is 9.63. The Morgan fingerprint density at radius 1 is 0.403 bits per heavy atom. The van der Waals surface area contributed by atoms with E-state index in [0.29, 0.717) is 0 Å². The van der Waals surface area contributed by atoms with Crippen molar-refractivity contribution in [1.29, 1.82) is 0 Å². The molecule has 2 nitrogen and oxygen atoms in total. The Morgan fingerprint density at radius 3 is 1.51 bits per heavy atom. The molecule has 0 fully saturated rings. The Morgan fingerprint density at radius 2 is 0.896 bits per heavy atom. The van der Waals surface area contributed by atoms with Crippen molar-refractivity contribution < 1.29 is 0 Å². The van der Waals surface area contributed by atoms with E-state index in [2.05, 4.69) is 290 Å². The van der Waals surface area contributed by atoms with Gasteiger partial charge in [-0.05, 0) is 182 Å². The van der Waals surface area contributed by atoms with Gasteiger partial charge in [-0.1, -0.05) is 206 Å². The maximum atomic E-state index is 2.55. The van der Waals surface area contributed by atoms with Crippen LogP contribution in [0.2, 0.25) is 0 Å². The average Bonchev–Trinajstić information content (AvgIpc) is 4.19. The quantitative estimate of drug-likeness (QED) is 0.140. The van der Waals surface area contributed by atoms with Crippen LogP contribution in [0.5, 0.6) is 0 Å². The topological polar surface area (TPSA) is 8.17 Å². The molecule has 4 aliphatic rings. The first kappa shape index (κ1) is 45.2. The number of para-hydroxylation sites is 1. The van der Waals surface area contributed by atoms with Crippen molar-refractivity contribution in [2.45, 2.75) is 36.5 Å². The molecule has 0 N–H and O–H groups in total. The summed E-state index contributed by atoms with van der Waals surface area (Å²) in [6, 6.07) is 91.3. The monoisotopic (exact) mass is 984 g/mol. The lowest BCUT2D eigenvalue weighted by Crippen LogP contribution is -2.32. The molecular weight excluding hydrogens is 929 g/mol. The molecule has 2 heteroatoms. The highest BCUT2D eigenvalue weighted by molar-refractivity contribution is 6.12. The normalized spacial score (nSPS) is 16.8. The minimum atomic E-state index is -0.483. The summed E-state index contributed by atoms with van der Waals surface area (Å²) in [6.45, 7) is 0. The SMILES string of the molecule is CN(c1ccccc1)c1ccc(-n2c3ccc(-c4ccc5c(c4)C(C4=CC=CCC4)(c4ccccc4)C4=C5C=CCC4)cc3c3cc(-c4ccc5c(c4)C(c4ccccc4)(c4ccccc4)c4ccccc4-5)ccc32)cc1. The van der Waals surface area contributed by atoms with Crippen LogP contribution in [0.1, 0.15) is 64.6 Å². The molecule has 1 heterocycles. The van der Waals surface area contributed by atoms with Gasteiger partial charge in [0.2, 0.25) is 0 Å². The zero-order chi connectivity index (χ0) is 51.1. The molecule has 1 aromatic heterocycles. The third kappa shape index (κ3) is 6.81. The predicted molar refractivity (Wildman–Crippen MR) is 322 cm³/mol. The van der Waals surface area contributed by atoms with Crippen LogP contribution in [0, 0.1) is 0 Å². The zero-order valence-electron chi connectivity index (χ0n) is 43.2. The van der Waals surface area contributed by atoms with Crippen LogP contribution in [0.25, 0.3) is 66.4 Å². The Balaban J connectivity index is 0.926. The van der Waals surface area contributed by atoms with E-state index in [1.807, 2.05) is 0 Å². The molecular formula is C75H56N2. The van der Waals surface area contributed by atoms with Crippen LogP contribution in [-0.2, 0) is 10.8 Å². The molecule has 0 aliphatic heterocycles. The van der Waals surface area contributed by atoms with Crippen molar-refractivity contribution >= 4 is 38.8 Å². The van der Waals surface area contributed by atoms with E-state index in [-0.39, 0.29) is 5.41 Å². The number of nitrogens with zero attached hydrogens (tertiary/aromatic N) is 2. The lowest BCUT2D eigenvalue weighted by molar-refractivity contribution is 0.644. The van der Waals surface area contributed by atoms with Crippen LogP contribution >= 0.6 is 0 Å². The van der Waals surface area contributed by atoms with Gasteiger partial charge in [-0.25, -0.2) is 0 Å². The number of aromatic nitrogens is 1. The number of hydrogen-bond donors (Lipinski definition) is 0. The third-order valence-electron chi connectivity index (χ3n) is 17.6. The second kappa shape index (κ2) is 18.0. The summed E-state index contributed by atoms with van der Waals surface area (Å²) < 4.78 is 2.47. The fourth-order valence-corrected chi connectivity index (χ4v) is 14.1. The molecule has 366 valence electrons. The molecule has 0 saturated heterocycles. The predicted octanol–water partition coefficient (Wildman–Crippen LogP) is 18.9. The van der Waals surface area contributed by atoms with Gasteiger partial charge in [0.25, 0.3) is 0 Å². The highest BCUT2D eigenvalue weighted by atomic mass is 15.1. The minimum absolute atomic E-state index is 0.316. The van der Waals surface area contributed by atoms with Gasteiger partial charge in [0, 0.05) is 34.9 Å². The van der Waals surface area contributed by atoms with Crippen molar-refractivity contribution in [3.63, 3.8) is 0 Å². The Hall–Kier alpha value is -9.24. The highest BCUT2D eigenvalue weighted by Crippen LogP contribution is 2.60. The van der Waals surface area contributed by atoms with Crippen molar-refractivity contribution in [2.24, 2.45) is 0 Å². The molecule has 4 aliphatic carbocycles. The van der Waals surface area contributed by atoms with Crippen molar-refractivity contribution in [3.8, 4) is 39.1 Å². The molecule has 0 amide bonds. The summed E-state index contributed by atoms with van der Waals surface area (Å²) in [6.07, 6.45) is 16.1. The van der Waals surface area contributed by atoms with Crippen molar-refractivity contribution in [2.75, 3.05) is 11.9 Å². The molecule has 0 radical (unpaired) electrons. The Bertz CT molecular complexity index is 4210. The molecule has 0 spiro atoms. The number of fused-ring (bicyclic) bond motifs is 8.